The predicted molar refractivity (Wildman–Crippen MR) is 88.5 cm³/mol. The van der Waals surface area contributed by atoms with Gasteiger partial charge in [0, 0.05) is 37.8 Å². The molecule has 3 unspecified atom stereocenters. The van der Waals surface area contributed by atoms with Crippen molar-refractivity contribution < 1.29 is 0 Å². The van der Waals surface area contributed by atoms with E-state index in [0.29, 0.717) is 12.6 Å². The van der Waals surface area contributed by atoms with Crippen LogP contribution in [0.25, 0.3) is 0 Å². The number of rotatable bonds is 3. The highest BCUT2D eigenvalue weighted by molar-refractivity contribution is 5.33. The first-order valence-corrected chi connectivity index (χ1v) is 8.33. The highest BCUT2D eigenvalue weighted by atomic mass is 15.3. The summed E-state index contributed by atoms with van der Waals surface area (Å²) in [5.74, 6) is 0. The maximum Gasteiger partial charge on any atom is 0.0473 e. The van der Waals surface area contributed by atoms with Crippen molar-refractivity contribution in [3.8, 4) is 0 Å². The van der Waals surface area contributed by atoms with Gasteiger partial charge in [0.15, 0.2) is 0 Å². The van der Waals surface area contributed by atoms with E-state index in [2.05, 4.69) is 48.9 Å². The summed E-state index contributed by atoms with van der Waals surface area (Å²) in [6.07, 6.45) is 4.02. The molecule has 2 N–H and O–H groups in total. The monoisotopic (exact) mass is 287 g/mol. The van der Waals surface area contributed by atoms with Gasteiger partial charge in [-0.1, -0.05) is 23.8 Å². The second-order valence-electron chi connectivity index (χ2n) is 6.95. The third kappa shape index (κ3) is 2.87. The zero-order chi connectivity index (χ0) is 15.0. The van der Waals surface area contributed by atoms with Gasteiger partial charge in [-0.25, -0.2) is 0 Å². The fourth-order valence-electron chi connectivity index (χ4n) is 4.21. The van der Waals surface area contributed by atoms with E-state index in [-0.39, 0.29) is 0 Å². The van der Waals surface area contributed by atoms with Crippen molar-refractivity contribution in [3.05, 3.63) is 34.9 Å². The van der Waals surface area contributed by atoms with Crippen LogP contribution < -0.4 is 5.73 Å². The molecule has 3 heteroatoms. The molecule has 0 amide bonds. The number of likely N-dealkylation sites (tertiary alicyclic amines) is 1. The van der Waals surface area contributed by atoms with Gasteiger partial charge in [-0.2, -0.15) is 0 Å². The number of hydrogen-bond acceptors (Lipinski definition) is 3. The molecule has 1 aromatic carbocycles. The molecule has 2 aliphatic heterocycles. The Balaban J connectivity index is 1.84. The van der Waals surface area contributed by atoms with Gasteiger partial charge >= 0.3 is 0 Å². The summed E-state index contributed by atoms with van der Waals surface area (Å²) in [6, 6.07) is 8.65. The Hall–Kier alpha value is -0.900. The SMILES string of the molecule is Cc1ccc(C)c(C(CN)N2CCC3CCC(C2)N3C)c1. The van der Waals surface area contributed by atoms with Crippen molar-refractivity contribution in [1.82, 2.24) is 9.80 Å². The molecule has 0 saturated carbocycles. The van der Waals surface area contributed by atoms with E-state index in [0.717, 1.165) is 12.1 Å². The third-order valence-corrected chi connectivity index (χ3v) is 5.64. The molecule has 2 aliphatic rings. The van der Waals surface area contributed by atoms with E-state index < -0.39 is 0 Å². The molecule has 2 fully saturated rings. The Labute approximate surface area is 129 Å². The lowest BCUT2D eigenvalue weighted by atomic mass is 9.96. The van der Waals surface area contributed by atoms with Crippen LogP contribution in [0.1, 0.15) is 42.0 Å². The van der Waals surface area contributed by atoms with Crippen LogP contribution in [0.2, 0.25) is 0 Å². The first kappa shape index (κ1) is 15.0. The third-order valence-electron chi connectivity index (χ3n) is 5.64. The molecule has 2 heterocycles. The molecule has 21 heavy (non-hydrogen) atoms. The molecule has 3 rings (SSSR count). The van der Waals surface area contributed by atoms with Crippen LogP contribution >= 0.6 is 0 Å². The second kappa shape index (κ2) is 6.07. The number of benzene rings is 1. The van der Waals surface area contributed by atoms with Crippen molar-refractivity contribution in [2.45, 2.75) is 51.2 Å². The Morgan fingerprint density at radius 3 is 2.71 bits per heavy atom. The molecule has 2 saturated heterocycles. The van der Waals surface area contributed by atoms with E-state index in [1.165, 1.54) is 49.0 Å². The van der Waals surface area contributed by atoms with Gasteiger partial charge in [-0.3, -0.25) is 9.80 Å². The van der Waals surface area contributed by atoms with Gasteiger partial charge in [0.2, 0.25) is 0 Å². The van der Waals surface area contributed by atoms with Crippen molar-refractivity contribution in [2.24, 2.45) is 5.73 Å². The van der Waals surface area contributed by atoms with Crippen LogP contribution in [0.4, 0.5) is 0 Å². The molecular formula is C18H29N3. The lowest BCUT2D eigenvalue weighted by Gasteiger charge is -2.34. The number of aryl methyl sites for hydroxylation is 2. The van der Waals surface area contributed by atoms with Crippen molar-refractivity contribution in [1.29, 1.82) is 0 Å². The van der Waals surface area contributed by atoms with Crippen LogP contribution in [0.5, 0.6) is 0 Å². The van der Waals surface area contributed by atoms with Crippen LogP contribution in [0.15, 0.2) is 18.2 Å². The Morgan fingerprint density at radius 2 is 1.95 bits per heavy atom. The molecule has 2 bridgehead atoms. The standard InChI is InChI=1S/C18H29N3/c1-13-4-5-14(2)17(10-13)18(11-19)21-9-8-15-6-7-16(12-21)20(15)3/h4-5,10,15-16,18H,6-9,11-12,19H2,1-3H3. The first-order valence-electron chi connectivity index (χ1n) is 8.33. The zero-order valence-corrected chi connectivity index (χ0v) is 13.7. The van der Waals surface area contributed by atoms with Gasteiger partial charge in [0.1, 0.15) is 0 Å². The summed E-state index contributed by atoms with van der Waals surface area (Å²) in [5, 5.41) is 0. The summed E-state index contributed by atoms with van der Waals surface area (Å²) in [7, 11) is 2.31. The maximum atomic E-state index is 6.18. The lowest BCUT2D eigenvalue weighted by molar-refractivity contribution is 0.174. The highest BCUT2D eigenvalue weighted by Gasteiger charge is 2.36. The fraction of sp³-hybridized carbons (Fsp3) is 0.667. The molecule has 116 valence electrons. The number of nitrogens with zero attached hydrogens (tertiary/aromatic N) is 2. The van der Waals surface area contributed by atoms with E-state index in [1.807, 2.05) is 0 Å². The Kier molecular flexibility index (Phi) is 4.34. The van der Waals surface area contributed by atoms with Gasteiger partial charge in [0.25, 0.3) is 0 Å². The molecule has 3 atom stereocenters. The highest BCUT2D eigenvalue weighted by Crippen LogP contribution is 2.33. The summed E-state index contributed by atoms with van der Waals surface area (Å²) in [6.45, 7) is 7.45. The van der Waals surface area contributed by atoms with Crippen LogP contribution in [0, 0.1) is 13.8 Å². The van der Waals surface area contributed by atoms with E-state index in [4.69, 9.17) is 5.73 Å². The van der Waals surface area contributed by atoms with E-state index in [1.54, 1.807) is 0 Å². The van der Waals surface area contributed by atoms with Crippen LogP contribution in [0.3, 0.4) is 0 Å². The molecule has 0 aromatic heterocycles. The number of likely N-dealkylation sites (N-methyl/N-ethyl adjacent to an activating group) is 1. The quantitative estimate of drug-likeness (QED) is 0.927. The molecular weight excluding hydrogens is 258 g/mol. The minimum atomic E-state index is 0.373. The topological polar surface area (TPSA) is 32.5 Å². The van der Waals surface area contributed by atoms with Gasteiger partial charge in [0.05, 0.1) is 0 Å². The first-order chi connectivity index (χ1) is 10.1. The summed E-state index contributed by atoms with van der Waals surface area (Å²) >= 11 is 0. The average Bonchev–Trinajstić information content (AvgIpc) is 2.70. The molecule has 0 spiro atoms. The Morgan fingerprint density at radius 1 is 1.19 bits per heavy atom. The van der Waals surface area contributed by atoms with Crippen molar-refractivity contribution in [3.63, 3.8) is 0 Å². The van der Waals surface area contributed by atoms with Gasteiger partial charge < -0.3 is 5.73 Å². The number of fused-ring (bicyclic) bond motifs is 2. The van der Waals surface area contributed by atoms with Gasteiger partial charge in [-0.05, 0) is 51.3 Å². The summed E-state index contributed by atoms with van der Waals surface area (Å²) in [4.78, 5) is 5.25. The maximum absolute atomic E-state index is 6.18. The molecule has 1 aromatic rings. The Bertz CT molecular complexity index is 499. The summed E-state index contributed by atoms with van der Waals surface area (Å²) < 4.78 is 0. The smallest absolute Gasteiger partial charge is 0.0473 e. The normalized spacial score (nSPS) is 28.6. The minimum Gasteiger partial charge on any atom is -0.329 e. The summed E-state index contributed by atoms with van der Waals surface area (Å²) in [5.41, 5.74) is 10.3. The van der Waals surface area contributed by atoms with Crippen molar-refractivity contribution in [2.75, 3.05) is 26.7 Å². The average molecular weight is 287 g/mol. The zero-order valence-electron chi connectivity index (χ0n) is 13.7. The van der Waals surface area contributed by atoms with E-state index in [9.17, 15) is 0 Å². The second-order valence-corrected chi connectivity index (χ2v) is 6.95. The number of nitrogens with two attached hydrogens (primary N) is 1. The van der Waals surface area contributed by atoms with Crippen molar-refractivity contribution >= 4 is 0 Å². The predicted octanol–water partition coefficient (Wildman–Crippen LogP) is 2.47. The molecule has 0 radical (unpaired) electrons. The molecule has 3 nitrogen and oxygen atoms in total. The molecule has 0 aliphatic carbocycles. The van der Waals surface area contributed by atoms with Crippen LogP contribution in [-0.4, -0.2) is 48.6 Å². The van der Waals surface area contributed by atoms with Gasteiger partial charge in [-0.15, -0.1) is 0 Å². The van der Waals surface area contributed by atoms with Crippen LogP contribution in [-0.2, 0) is 0 Å². The minimum absolute atomic E-state index is 0.373. The largest absolute Gasteiger partial charge is 0.329 e. The van der Waals surface area contributed by atoms with E-state index >= 15 is 0 Å². The fourth-order valence-corrected chi connectivity index (χ4v) is 4.21. The number of hydrogen-bond donors (Lipinski definition) is 1. The lowest BCUT2D eigenvalue weighted by Crippen LogP contribution is -2.41.